The number of benzene rings is 4. The molecule has 5 heteroatoms. The van der Waals surface area contributed by atoms with Gasteiger partial charge in [-0.3, -0.25) is 14.4 Å². The molecule has 1 spiro atoms. The molecule has 7 rings (SSSR count). The highest BCUT2D eigenvalue weighted by molar-refractivity contribution is 6.32. The van der Waals surface area contributed by atoms with E-state index in [9.17, 15) is 14.4 Å². The lowest BCUT2D eigenvalue weighted by Gasteiger charge is -2.37. The van der Waals surface area contributed by atoms with Crippen molar-refractivity contribution in [2.45, 2.75) is 24.9 Å². The van der Waals surface area contributed by atoms with Crippen LogP contribution in [0.1, 0.15) is 53.7 Å². The van der Waals surface area contributed by atoms with Gasteiger partial charge in [-0.2, -0.15) is 0 Å². The summed E-state index contributed by atoms with van der Waals surface area (Å²) in [7, 11) is 0. The molecule has 39 heavy (non-hydrogen) atoms. The van der Waals surface area contributed by atoms with Crippen molar-refractivity contribution in [1.82, 2.24) is 0 Å². The average Bonchev–Trinajstić information content (AvgIpc) is 3.40. The van der Waals surface area contributed by atoms with E-state index in [2.05, 4.69) is 0 Å². The molecular formula is C34H24ClNO3. The van der Waals surface area contributed by atoms with E-state index in [0.29, 0.717) is 21.7 Å². The van der Waals surface area contributed by atoms with Gasteiger partial charge in [0, 0.05) is 33.3 Å². The van der Waals surface area contributed by atoms with E-state index < -0.39 is 23.4 Å². The van der Waals surface area contributed by atoms with Gasteiger partial charge in [0.2, 0.25) is 0 Å². The largest absolute Gasteiger partial charge is 0.352 e. The van der Waals surface area contributed by atoms with Crippen LogP contribution < -0.4 is 4.90 Å². The Morgan fingerprint density at radius 1 is 0.795 bits per heavy atom. The van der Waals surface area contributed by atoms with Gasteiger partial charge in [-0.15, -0.1) is 0 Å². The Morgan fingerprint density at radius 2 is 1.41 bits per heavy atom. The summed E-state index contributed by atoms with van der Waals surface area (Å²) in [5, 5.41) is 0.544. The van der Waals surface area contributed by atoms with Crippen molar-refractivity contribution >= 4 is 40.7 Å². The maximum atomic E-state index is 14.6. The molecule has 0 radical (unpaired) electrons. The van der Waals surface area contributed by atoms with Gasteiger partial charge in [-0.1, -0.05) is 108 Å². The SMILES string of the molecule is Cc1ccc(C(=O)[C@@H]2[C@@H](c3ccc(Cl)cc3)C3(C(=O)c4ccccc4C3=O)[C@H]3C=Cc4ccccc4N23)cc1. The summed E-state index contributed by atoms with van der Waals surface area (Å²) in [5.74, 6) is -1.34. The minimum Gasteiger partial charge on any atom is -0.352 e. The van der Waals surface area contributed by atoms with E-state index in [4.69, 9.17) is 11.6 Å². The zero-order valence-corrected chi connectivity index (χ0v) is 21.9. The molecule has 1 fully saturated rings. The van der Waals surface area contributed by atoms with Crippen LogP contribution >= 0.6 is 11.6 Å². The van der Waals surface area contributed by atoms with Crippen molar-refractivity contribution in [2.24, 2.45) is 5.41 Å². The summed E-state index contributed by atoms with van der Waals surface area (Å²) in [6.45, 7) is 1.98. The molecule has 2 aliphatic heterocycles. The first-order valence-corrected chi connectivity index (χ1v) is 13.4. The first kappa shape index (κ1) is 23.8. The molecule has 0 unspecified atom stereocenters. The quantitative estimate of drug-likeness (QED) is 0.212. The second-order valence-corrected chi connectivity index (χ2v) is 11.0. The van der Waals surface area contributed by atoms with Crippen LogP contribution in [0.25, 0.3) is 6.08 Å². The highest BCUT2D eigenvalue weighted by atomic mass is 35.5. The molecular weight excluding hydrogens is 506 g/mol. The Morgan fingerprint density at radius 3 is 2.08 bits per heavy atom. The molecule has 0 bridgehead atoms. The molecule has 2 heterocycles. The van der Waals surface area contributed by atoms with Crippen LogP contribution in [0.15, 0.2) is 103 Å². The van der Waals surface area contributed by atoms with E-state index in [1.165, 1.54) is 0 Å². The molecule has 3 atom stereocenters. The maximum Gasteiger partial charge on any atom is 0.185 e. The monoisotopic (exact) mass is 529 g/mol. The fourth-order valence-electron chi connectivity index (χ4n) is 6.85. The van der Waals surface area contributed by atoms with Gasteiger partial charge >= 0.3 is 0 Å². The molecule has 0 aromatic heterocycles. The van der Waals surface area contributed by atoms with Gasteiger partial charge < -0.3 is 4.90 Å². The number of anilines is 1. The number of halogens is 1. The molecule has 4 nitrogen and oxygen atoms in total. The summed E-state index contributed by atoms with van der Waals surface area (Å²) >= 11 is 6.28. The zero-order valence-electron chi connectivity index (χ0n) is 21.2. The smallest absolute Gasteiger partial charge is 0.185 e. The van der Waals surface area contributed by atoms with E-state index in [0.717, 1.165) is 22.4 Å². The minimum absolute atomic E-state index is 0.126. The lowest BCUT2D eigenvalue weighted by Crippen LogP contribution is -2.48. The van der Waals surface area contributed by atoms with Crippen LogP contribution in [-0.4, -0.2) is 29.4 Å². The molecule has 0 N–H and O–H groups in total. The number of hydrogen-bond acceptors (Lipinski definition) is 4. The second kappa shape index (κ2) is 8.62. The number of hydrogen-bond donors (Lipinski definition) is 0. The van der Waals surface area contributed by atoms with Gasteiger partial charge in [-0.05, 0) is 36.2 Å². The Kier molecular flexibility index (Phi) is 5.26. The van der Waals surface area contributed by atoms with Gasteiger partial charge in [0.05, 0.1) is 6.04 Å². The van der Waals surface area contributed by atoms with Crippen LogP contribution in [0.2, 0.25) is 5.02 Å². The fraction of sp³-hybridized carbons (Fsp3) is 0.147. The van der Waals surface area contributed by atoms with Crippen molar-refractivity contribution in [3.05, 3.63) is 142 Å². The number of nitrogens with zero attached hydrogens (tertiary/aromatic N) is 1. The molecule has 4 aromatic carbocycles. The van der Waals surface area contributed by atoms with E-state index in [1.54, 1.807) is 36.4 Å². The van der Waals surface area contributed by atoms with Crippen LogP contribution in [0.3, 0.4) is 0 Å². The number of ketones is 3. The van der Waals surface area contributed by atoms with Crippen LogP contribution in [0.5, 0.6) is 0 Å². The maximum absolute atomic E-state index is 14.6. The summed E-state index contributed by atoms with van der Waals surface area (Å²) in [6, 6.07) is 28.1. The average molecular weight is 530 g/mol. The van der Waals surface area contributed by atoms with Gasteiger partial charge in [0.1, 0.15) is 11.5 Å². The van der Waals surface area contributed by atoms with Crippen LogP contribution in [0.4, 0.5) is 5.69 Å². The Bertz CT molecular complexity index is 1670. The first-order chi connectivity index (χ1) is 18.9. The Labute approximate surface area is 231 Å². The Hall–Kier alpha value is -4.28. The molecule has 3 aliphatic rings. The third kappa shape index (κ3) is 3.22. The predicted molar refractivity (Wildman–Crippen MR) is 153 cm³/mol. The second-order valence-electron chi connectivity index (χ2n) is 10.5. The number of para-hydroxylation sites is 1. The third-order valence-electron chi connectivity index (χ3n) is 8.55. The topological polar surface area (TPSA) is 54.5 Å². The van der Waals surface area contributed by atoms with Crippen molar-refractivity contribution in [2.75, 3.05) is 4.90 Å². The van der Waals surface area contributed by atoms with E-state index >= 15 is 0 Å². The van der Waals surface area contributed by atoms with E-state index in [1.807, 2.05) is 84.6 Å². The minimum atomic E-state index is -1.51. The molecule has 4 aromatic rings. The van der Waals surface area contributed by atoms with Gasteiger partial charge in [-0.25, -0.2) is 0 Å². The van der Waals surface area contributed by atoms with Crippen molar-refractivity contribution in [3.63, 3.8) is 0 Å². The summed E-state index contributed by atoms with van der Waals surface area (Å²) in [4.78, 5) is 45.8. The van der Waals surface area contributed by atoms with Gasteiger partial charge in [0.25, 0.3) is 0 Å². The van der Waals surface area contributed by atoms with E-state index in [-0.39, 0.29) is 17.3 Å². The van der Waals surface area contributed by atoms with Crippen molar-refractivity contribution in [1.29, 1.82) is 0 Å². The number of fused-ring (bicyclic) bond motifs is 5. The Balaban J connectivity index is 1.54. The van der Waals surface area contributed by atoms with Crippen LogP contribution in [0, 0.1) is 12.3 Å². The molecule has 190 valence electrons. The molecule has 1 aliphatic carbocycles. The number of aryl methyl sites for hydroxylation is 1. The summed E-state index contributed by atoms with van der Waals surface area (Å²) in [5.41, 5.74) is 3.42. The van der Waals surface area contributed by atoms with Crippen molar-refractivity contribution < 1.29 is 14.4 Å². The predicted octanol–water partition coefficient (Wildman–Crippen LogP) is 6.96. The highest BCUT2D eigenvalue weighted by Gasteiger charge is 2.71. The normalized spacial score (nSPS) is 22.1. The third-order valence-corrected chi connectivity index (χ3v) is 8.80. The highest BCUT2D eigenvalue weighted by Crippen LogP contribution is 2.61. The lowest BCUT2D eigenvalue weighted by molar-refractivity contribution is 0.0666. The summed E-state index contributed by atoms with van der Waals surface area (Å²) < 4.78 is 0. The van der Waals surface area contributed by atoms with Crippen molar-refractivity contribution in [3.8, 4) is 0 Å². The first-order valence-electron chi connectivity index (χ1n) is 13.0. The molecule has 0 saturated carbocycles. The fourth-order valence-corrected chi connectivity index (χ4v) is 6.98. The number of carbonyl (C=O) groups excluding carboxylic acids is 3. The summed E-state index contributed by atoms with van der Waals surface area (Å²) in [6.07, 6.45) is 3.91. The van der Waals surface area contributed by atoms with Crippen LogP contribution in [-0.2, 0) is 0 Å². The number of carbonyl (C=O) groups is 3. The molecule has 0 amide bonds. The van der Waals surface area contributed by atoms with Gasteiger partial charge in [0.15, 0.2) is 17.3 Å². The number of Topliss-reactive ketones (excluding diaryl/α,β-unsaturated/α-hetero) is 3. The molecule has 1 saturated heterocycles. The standard InChI is InChI=1S/C34H24ClNO3/c1-20-10-12-23(13-11-20)31(37)30-29(22-14-17-24(35)18-15-22)34(32(38)25-7-3-4-8-26(25)33(34)39)28-19-16-21-6-2-5-9-27(21)36(28)30/h2-19,28-30H,1H3/t28-,29-,30+/m1/s1. The number of rotatable bonds is 3. The zero-order chi connectivity index (χ0) is 26.9. The lowest BCUT2D eigenvalue weighted by atomic mass is 9.64.